The molecule has 162 valence electrons. The number of rotatable bonds is 5. The fourth-order valence-corrected chi connectivity index (χ4v) is 3.66. The second-order valence-corrected chi connectivity index (χ2v) is 8.97. The van der Waals surface area contributed by atoms with Crippen LogP contribution in [0.4, 0.5) is 0 Å². The summed E-state index contributed by atoms with van der Waals surface area (Å²) in [5, 5.41) is 0. The molecule has 0 unspecified atom stereocenters. The Kier molecular flexibility index (Phi) is 5.66. The SMILES string of the molecule is CC(C)(C)c1ccc(COC(=O)c2ccc3c(c2)C(=O)N(Cc2ccccc2)C3=O)cc1. The molecule has 0 atom stereocenters. The third-order valence-electron chi connectivity index (χ3n) is 5.58. The summed E-state index contributed by atoms with van der Waals surface area (Å²) in [5.41, 5.74) is 3.78. The van der Waals surface area contributed by atoms with E-state index in [0.29, 0.717) is 5.56 Å². The maximum absolute atomic E-state index is 12.8. The van der Waals surface area contributed by atoms with Crippen molar-refractivity contribution in [2.75, 3.05) is 0 Å². The quantitative estimate of drug-likeness (QED) is 0.418. The van der Waals surface area contributed by atoms with Crippen LogP contribution in [0.2, 0.25) is 0 Å². The van der Waals surface area contributed by atoms with E-state index in [1.54, 1.807) is 0 Å². The van der Waals surface area contributed by atoms with Gasteiger partial charge in [0.05, 0.1) is 23.2 Å². The molecule has 4 rings (SSSR count). The number of esters is 1. The van der Waals surface area contributed by atoms with Crippen LogP contribution in [0.15, 0.2) is 72.8 Å². The Bertz CT molecular complexity index is 1170. The van der Waals surface area contributed by atoms with Gasteiger partial charge >= 0.3 is 5.97 Å². The van der Waals surface area contributed by atoms with Crippen LogP contribution < -0.4 is 0 Å². The summed E-state index contributed by atoms with van der Waals surface area (Å²) in [6.07, 6.45) is 0. The highest BCUT2D eigenvalue weighted by molar-refractivity contribution is 6.21. The van der Waals surface area contributed by atoms with Gasteiger partial charge in [0, 0.05) is 0 Å². The molecule has 0 bridgehead atoms. The topological polar surface area (TPSA) is 63.7 Å². The van der Waals surface area contributed by atoms with Crippen molar-refractivity contribution in [3.8, 4) is 0 Å². The first kappa shape index (κ1) is 21.5. The van der Waals surface area contributed by atoms with Crippen molar-refractivity contribution in [1.29, 1.82) is 0 Å². The van der Waals surface area contributed by atoms with E-state index in [0.717, 1.165) is 11.1 Å². The van der Waals surface area contributed by atoms with Crippen molar-refractivity contribution < 1.29 is 19.1 Å². The highest BCUT2D eigenvalue weighted by Gasteiger charge is 2.36. The summed E-state index contributed by atoms with van der Waals surface area (Å²) < 4.78 is 5.44. The molecule has 0 saturated heterocycles. The van der Waals surface area contributed by atoms with Gasteiger partial charge in [0.15, 0.2) is 0 Å². The summed E-state index contributed by atoms with van der Waals surface area (Å²) in [4.78, 5) is 39.3. The van der Waals surface area contributed by atoms with Gasteiger partial charge in [-0.2, -0.15) is 0 Å². The number of imide groups is 1. The van der Waals surface area contributed by atoms with Crippen molar-refractivity contribution in [2.45, 2.75) is 39.3 Å². The summed E-state index contributed by atoms with van der Waals surface area (Å²) in [7, 11) is 0. The van der Waals surface area contributed by atoms with Gasteiger partial charge in [0.2, 0.25) is 0 Å². The predicted molar refractivity (Wildman–Crippen MR) is 121 cm³/mol. The normalized spacial score (nSPS) is 13.3. The van der Waals surface area contributed by atoms with Gasteiger partial charge in [0.1, 0.15) is 6.61 Å². The van der Waals surface area contributed by atoms with Crippen LogP contribution in [0.25, 0.3) is 0 Å². The summed E-state index contributed by atoms with van der Waals surface area (Å²) >= 11 is 0. The molecule has 3 aromatic rings. The van der Waals surface area contributed by atoms with Crippen LogP contribution in [-0.4, -0.2) is 22.7 Å². The maximum Gasteiger partial charge on any atom is 0.338 e. The first-order valence-corrected chi connectivity index (χ1v) is 10.5. The zero-order chi connectivity index (χ0) is 22.9. The van der Waals surface area contributed by atoms with Crippen molar-refractivity contribution in [3.63, 3.8) is 0 Å². The Morgan fingerprint density at radius 2 is 1.47 bits per heavy atom. The van der Waals surface area contributed by atoms with Gasteiger partial charge < -0.3 is 4.74 Å². The minimum atomic E-state index is -0.533. The lowest BCUT2D eigenvalue weighted by Crippen LogP contribution is -2.29. The summed E-state index contributed by atoms with van der Waals surface area (Å²) in [6, 6.07) is 21.8. The lowest BCUT2D eigenvalue weighted by Gasteiger charge is -2.19. The standard InChI is InChI=1S/C27H25NO4/c1-27(2,3)21-12-9-19(10-13-21)17-32-26(31)20-11-14-22-23(15-20)25(30)28(24(22)29)16-18-7-5-4-6-8-18/h4-15H,16-17H2,1-3H3. The number of carbonyl (C=O) groups excluding carboxylic acids is 3. The molecule has 1 aliphatic heterocycles. The van der Waals surface area contributed by atoms with Gasteiger partial charge in [-0.15, -0.1) is 0 Å². The largest absolute Gasteiger partial charge is 0.457 e. The molecule has 5 heteroatoms. The lowest BCUT2D eigenvalue weighted by molar-refractivity contribution is 0.0472. The minimum absolute atomic E-state index is 0.0536. The van der Waals surface area contributed by atoms with Crippen molar-refractivity contribution in [3.05, 3.63) is 106 Å². The first-order chi connectivity index (χ1) is 15.2. The number of ether oxygens (including phenoxy) is 1. The smallest absolute Gasteiger partial charge is 0.338 e. The Labute approximate surface area is 187 Å². The third kappa shape index (κ3) is 4.33. The molecule has 0 N–H and O–H groups in total. The van der Waals surface area contributed by atoms with Gasteiger partial charge in [0.25, 0.3) is 11.8 Å². The molecule has 5 nitrogen and oxygen atoms in total. The van der Waals surface area contributed by atoms with E-state index >= 15 is 0 Å². The highest BCUT2D eigenvalue weighted by atomic mass is 16.5. The van der Waals surface area contributed by atoms with E-state index in [4.69, 9.17) is 4.74 Å². The van der Waals surface area contributed by atoms with Crippen molar-refractivity contribution in [2.24, 2.45) is 0 Å². The van der Waals surface area contributed by atoms with E-state index in [2.05, 4.69) is 20.8 Å². The van der Waals surface area contributed by atoms with Gasteiger partial charge in [-0.25, -0.2) is 4.79 Å². The average Bonchev–Trinajstić information content (AvgIpc) is 3.02. The van der Waals surface area contributed by atoms with Crippen LogP contribution in [0, 0.1) is 0 Å². The Balaban J connectivity index is 1.45. The zero-order valence-electron chi connectivity index (χ0n) is 18.4. The number of hydrogen-bond acceptors (Lipinski definition) is 4. The van der Waals surface area contributed by atoms with Gasteiger partial charge in [-0.05, 0) is 40.3 Å². The molecular weight excluding hydrogens is 402 g/mol. The predicted octanol–water partition coefficient (Wildman–Crippen LogP) is 5.14. The Morgan fingerprint density at radius 1 is 0.812 bits per heavy atom. The van der Waals surface area contributed by atoms with Crippen LogP contribution in [-0.2, 0) is 23.3 Å². The fraction of sp³-hybridized carbons (Fsp3) is 0.222. The second kappa shape index (κ2) is 8.42. The van der Waals surface area contributed by atoms with Gasteiger partial charge in [-0.3, -0.25) is 14.5 Å². The lowest BCUT2D eigenvalue weighted by atomic mass is 9.87. The fourth-order valence-electron chi connectivity index (χ4n) is 3.66. The molecular formula is C27H25NO4. The molecule has 1 aliphatic rings. The first-order valence-electron chi connectivity index (χ1n) is 10.5. The van der Waals surface area contributed by atoms with E-state index in [1.807, 2.05) is 54.6 Å². The molecule has 0 spiro atoms. The average molecular weight is 428 g/mol. The molecule has 2 amide bonds. The van der Waals surface area contributed by atoms with Crippen molar-refractivity contribution in [1.82, 2.24) is 4.90 Å². The molecule has 32 heavy (non-hydrogen) atoms. The number of fused-ring (bicyclic) bond motifs is 1. The van der Waals surface area contributed by atoms with Crippen LogP contribution in [0.3, 0.4) is 0 Å². The number of benzene rings is 3. The van der Waals surface area contributed by atoms with E-state index in [-0.39, 0.29) is 35.6 Å². The highest BCUT2D eigenvalue weighted by Crippen LogP contribution is 2.26. The summed E-state index contributed by atoms with van der Waals surface area (Å²) in [6.45, 7) is 6.75. The summed E-state index contributed by atoms with van der Waals surface area (Å²) in [5.74, 6) is -1.29. The zero-order valence-corrected chi connectivity index (χ0v) is 18.4. The molecule has 3 aromatic carbocycles. The van der Waals surface area contributed by atoms with E-state index in [9.17, 15) is 14.4 Å². The maximum atomic E-state index is 12.8. The van der Waals surface area contributed by atoms with E-state index < -0.39 is 11.9 Å². The molecule has 0 saturated carbocycles. The Morgan fingerprint density at radius 3 is 2.12 bits per heavy atom. The number of carbonyl (C=O) groups is 3. The minimum Gasteiger partial charge on any atom is -0.457 e. The molecule has 0 aromatic heterocycles. The van der Waals surface area contributed by atoms with Gasteiger partial charge in [-0.1, -0.05) is 75.4 Å². The number of amides is 2. The number of hydrogen-bond donors (Lipinski definition) is 0. The van der Waals surface area contributed by atoms with Crippen LogP contribution in [0.1, 0.15) is 68.5 Å². The van der Waals surface area contributed by atoms with E-state index in [1.165, 1.54) is 28.7 Å². The molecule has 1 heterocycles. The molecule has 0 aliphatic carbocycles. The third-order valence-corrected chi connectivity index (χ3v) is 5.58. The number of nitrogens with zero attached hydrogens (tertiary/aromatic N) is 1. The molecule has 0 radical (unpaired) electrons. The monoisotopic (exact) mass is 427 g/mol. The van der Waals surface area contributed by atoms with Crippen LogP contribution >= 0.6 is 0 Å². The second-order valence-electron chi connectivity index (χ2n) is 8.97. The molecule has 0 fully saturated rings. The Hall–Kier alpha value is -3.73. The van der Waals surface area contributed by atoms with Crippen molar-refractivity contribution >= 4 is 17.8 Å². The van der Waals surface area contributed by atoms with Crippen LogP contribution in [0.5, 0.6) is 0 Å².